The van der Waals surface area contributed by atoms with Gasteiger partial charge in [0.2, 0.25) is 0 Å². The quantitative estimate of drug-likeness (QED) is 0.764. The fourth-order valence-electron chi connectivity index (χ4n) is 2.71. The molecule has 1 saturated heterocycles. The third kappa shape index (κ3) is 3.18. The van der Waals surface area contributed by atoms with E-state index in [4.69, 9.17) is 0 Å². The number of likely N-dealkylation sites (N-methyl/N-ethyl adjacent to an activating group) is 1. The third-order valence-electron chi connectivity index (χ3n) is 4.09. The fraction of sp³-hybridized carbons (Fsp3) is 1.00. The summed E-state index contributed by atoms with van der Waals surface area (Å²) in [4.78, 5) is 2.53. The van der Waals surface area contributed by atoms with E-state index >= 15 is 0 Å². The third-order valence-corrected chi connectivity index (χ3v) is 4.09. The van der Waals surface area contributed by atoms with Crippen molar-refractivity contribution in [3.63, 3.8) is 0 Å². The Morgan fingerprint density at radius 2 is 2.00 bits per heavy atom. The lowest BCUT2D eigenvalue weighted by atomic mass is 9.77. The van der Waals surface area contributed by atoms with Gasteiger partial charge in [0.05, 0.1) is 0 Å². The van der Waals surface area contributed by atoms with Gasteiger partial charge in [-0.2, -0.15) is 0 Å². The molecule has 0 radical (unpaired) electrons. The predicted molar refractivity (Wildman–Crippen MR) is 65.0 cm³/mol. The summed E-state index contributed by atoms with van der Waals surface area (Å²) in [7, 11) is 2.28. The van der Waals surface area contributed by atoms with Crippen LogP contribution in [-0.2, 0) is 0 Å². The molecule has 1 atom stereocenters. The largest absolute Gasteiger partial charge is 0.312 e. The van der Waals surface area contributed by atoms with E-state index in [0.29, 0.717) is 11.5 Å². The van der Waals surface area contributed by atoms with Crippen molar-refractivity contribution >= 4 is 0 Å². The summed E-state index contributed by atoms with van der Waals surface area (Å²) < 4.78 is 0. The van der Waals surface area contributed by atoms with E-state index in [0.717, 1.165) is 5.92 Å². The van der Waals surface area contributed by atoms with Crippen LogP contribution in [0.15, 0.2) is 0 Å². The van der Waals surface area contributed by atoms with Gasteiger partial charge < -0.3 is 10.2 Å². The van der Waals surface area contributed by atoms with Crippen LogP contribution in [0.3, 0.4) is 0 Å². The summed E-state index contributed by atoms with van der Waals surface area (Å²) >= 11 is 0. The van der Waals surface area contributed by atoms with Crippen molar-refractivity contribution in [2.45, 2.75) is 45.6 Å². The molecule has 2 heteroatoms. The maximum absolute atomic E-state index is 3.69. The molecule has 1 heterocycles. The number of piperidine rings is 1. The zero-order chi connectivity index (χ0) is 10.9. The Morgan fingerprint density at radius 3 is 2.60 bits per heavy atom. The molecule has 1 aliphatic carbocycles. The number of nitrogens with zero attached hydrogens (tertiary/aromatic N) is 1. The predicted octanol–water partition coefficient (Wildman–Crippen LogP) is 2.11. The lowest BCUT2D eigenvalue weighted by Gasteiger charge is -2.41. The number of nitrogens with one attached hydrogen (secondary N) is 1. The SMILES string of the molecule is CN(CC1CC1)CC1NCCCC1(C)C. The van der Waals surface area contributed by atoms with Gasteiger partial charge in [0.15, 0.2) is 0 Å². The Kier molecular flexibility index (Phi) is 3.36. The Hall–Kier alpha value is -0.0800. The molecule has 1 aliphatic heterocycles. The second-order valence-electron chi connectivity index (χ2n) is 6.26. The van der Waals surface area contributed by atoms with Crippen LogP contribution in [-0.4, -0.2) is 37.6 Å². The van der Waals surface area contributed by atoms with Crippen LogP contribution in [0.4, 0.5) is 0 Å². The molecule has 15 heavy (non-hydrogen) atoms. The van der Waals surface area contributed by atoms with Gasteiger partial charge in [0.25, 0.3) is 0 Å². The molecular weight excluding hydrogens is 184 g/mol. The van der Waals surface area contributed by atoms with Gasteiger partial charge in [0.1, 0.15) is 0 Å². The summed E-state index contributed by atoms with van der Waals surface area (Å²) in [5.41, 5.74) is 0.482. The molecule has 1 N–H and O–H groups in total. The molecule has 2 rings (SSSR count). The van der Waals surface area contributed by atoms with E-state index in [1.54, 1.807) is 0 Å². The summed E-state index contributed by atoms with van der Waals surface area (Å²) in [5, 5.41) is 3.69. The van der Waals surface area contributed by atoms with E-state index in [1.807, 2.05) is 0 Å². The van der Waals surface area contributed by atoms with Crippen LogP contribution in [0.25, 0.3) is 0 Å². The van der Waals surface area contributed by atoms with Crippen LogP contribution < -0.4 is 5.32 Å². The highest BCUT2D eigenvalue weighted by Gasteiger charge is 2.33. The number of hydrogen-bond acceptors (Lipinski definition) is 2. The lowest BCUT2D eigenvalue weighted by molar-refractivity contribution is 0.136. The molecule has 0 spiro atoms. The van der Waals surface area contributed by atoms with Crippen LogP contribution in [0, 0.1) is 11.3 Å². The zero-order valence-corrected chi connectivity index (χ0v) is 10.6. The highest BCUT2D eigenvalue weighted by Crippen LogP contribution is 2.32. The van der Waals surface area contributed by atoms with Gasteiger partial charge in [-0.25, -0.2) is 0 Å². The Morgan fingerprint density at radius 1 is 1.27 bits per heavy atom. The van der Waals surface area contributed by atoms with Crippen LogP contribution >= 0.6 is 0 Å². The van der Waals surface area contributed by atoms with Gasteiger partial charge in [-0.1, -0.05) is 13.8 Å². The van der Waals surface area contributed by atoms with Crippen molar-refractivity contribution in [2.24, 2.45) is 11.3 Å². The molecule has 0 aromatic heterocycles. The summed E-state index contributed by atoms with van der Waals surface area (Å²) in [5.74, 6) is 1.02. The first-order chi connectivity index (χ1) is 7.08. The van der Waals surface area contributed by atoms with Crippen LogP contribution in [0.2, 0.25) is 0 Å². The highest BCUT2D eigenvalue weighted by atomic mass is 15.1. The molecule has 2 nitrogen and oxygen atoms in total. The number of rotatable bonds is 4. The molecule has 0 aromatic carbocycles. The molecule has 0 aromatic rings. The van der Waals surface area contributed by atoms with Crippen molar-refractivity contribution in [2.75, 3.05) is 26.7 Å². The average molecular weight is 210 g/mol. The van der Waals surface area contributed by atoms with Crippen molar-refractivity contribution in [1.82, 2.24) is 10.2 Å². The molecule has 88 valence electrons. The molecular formula is C13H26N2. The van der Waals surface area contributed by atoms with Crippen molar-refractivity contribution in [3.8, 4) is 0 Å². The minimum absolute atomic E-state index is 0.482. The van der Waals surface area contributed by atoms with Crippen molar-refractivity contribution < 1.29 is 0 Å². The molecule has 1 saturated carbocycles. The fourth-order valence-corrected chi connectivity index (χ4v) is 2.71. The van der Waals surface area contributed by atoms with E-state index in [1.165, 1.54) is 45.3 Å². The van der Waals surface area contributed by atoms with Crippen molar-refractivity contribution in [1.29, 1.82) is 0 Å². The summed E-state index contributed by atoms with van der Waals surface area (Å²) in [6.45, 7) is 8.58. The molecule has 0 bridgehead atoms. The maximum Gasteiger partial charge on any atom is 0.0245 e. The van der Waals surface area contributed by atoms with Gasteiger partial charge in [0, 0.05) is 19.1 Å². The molecule has 0 amide bonds. The first-order valence-corrected chi connectivity index (χ1v) is 6.50. The Balaban J connectivity index is 1.80. The van der Waals surface area contributed by atoms with Crippen LogP contribution in [0.1, 0.15) is 39.5 Å². The second kappa shape index (κ2) is 4.42. The first kappa shape index (κ1) is 11.4. The normalized spacial score (nSPS) is 30.8. The minimum atomic E-state index is 0.482. The van der Waals surface area contributed by atoms with Gasteiger partial charge in [-0.05, 0) is 50.6 Å². The zero-order valence-electron chi connectivity index (χ0n) is 10.6. The topological polar surface area (TPSA) is 15.3 Å². The van der Waals surface area contributed by atoms with Gasteiger partial charge >= 0.3 is 0 Å². The van der Waals surface area contributed by atoms with E-state index in [9.17, 15) is 0 Å². The summed E-state index contributed by atoms with van der Waals surface area (Å²) in [6, 6.07) is 0.690. The minimum Gasteiger partial charge on any atom is -0.312 e. The Bertz CT molecular complexity index is 209. The Labute approximate surface area is 94.4 Å². The second-order valence-corrected chi connectivity index (χ2v) is 6.26. The molecule has 1 unspecified atom stereocenters. The van der Waals surface area contributed by atoms with Gasteiger partial charge in [-0.3, -0.25) is 0 Å². The molecule has 2 fully saturated rings. The van der Waals surface area contributed by atoms with E-state index in [-0.39, 0.29) is 0 Å². The summed E-state index contributed by atoms with van der Waals surface area (Å²) in [6.07, 6.45) is 5.65. The average Bonchev–Trinajstić information content (AvgIpc) is 2.92. The van der Waals surface area contributed by atoms with E-state index < -0.39 is 0 Å². The molecule has 2 aliphatic rings. The standard InChI is InChI=1S/C13H26N2/c1-13(2)7-4-8-14-12(13)10-15(3)9-11-5-6-11/h11-12,14H,4-10H2,1-3H3. The maximum atomic E-state index is 3.69. The smallest absolute Gasteiger partial charge is 0.0245 e. The number of hydrogen-bond donors (Lipinski definition) is 1. The lowest BCUT2D eigenvalue weighted by Crippen LogP contribution is -2.52. The first-order valence-electron chi connectivity index (χ1n) is 6.50. The van der Waals surface area contributed by atoms with Crippen LogP contribution in [0.5, 0.6) is 0 Å². The van der Waals surface area contributed by atoms with Crippen molar-refractivity contribution in [3.05, 3.63) is 0 Å². The van der Waals surface area contributed by atoms with E-state index in [2.05, 4.69) is 31.1 Å². The van der Waals surface area contributed by atoms with Gasteiger partial charge in [-0.15, -0.1) is 0 Å². The monoisotopic (exact) mass is 210 g/mol. The highest BCUT2D eigenvalue weighted by molar-refractivity contribution is 4.90.